The number of esters is 1. The Morgan fingerprint density at radius 1 is 1.18 bits per heavy atom. The van der Waals surface area contributed by atoms with E-state index in [0.717, 1.165) is 17.5 Å². The summed E-state index contributed by atoms with van der Waals surface area (Å²) in [6.07, 6.45) is 2.59. The summed E-state index contributed by atoms with van der Waals surface area (Å²) in [6, 6.07) is 10.6. The number of aryl methyl sites for hydroxylation is 1. The normalized spacial score (nSPS) is 10.1. The zero-order chi connectivity index (χ0) is 15.9. The average Bonchev–Trinajstić information content (AvgIpc) is 2.54. The van der Waals surface area contributed by atoms with Gasteiger partial charge < -0.3 is 10.1 Å². The first-order chi connectivity index (χ1) is 10.6. The summed E-state index contributed by atoms with van der Waals surface area (Å²) in [4.78, 5) is 27.8. The molecule has 1 N–H and O–H groups in total. The minimum Gasteiger partial charge on any atom is -0.465 e. The molecule has 0 bridgehead atoms. The topological polar surface area (TPSA) is 68.3 Å². The van der Waals surface area contributed by atoms with E-state index in [-0.39, 0.29) is 12.3 Å². The minimum atomic E-state index is -0.408. The molecule has 5 heteroatoms. The van der Waals surface area contributed by atoms with Crippen LogP contribution in [0.5, 0.6) is 0 Å². The Morgan fingerprint density at radius 3 is 2.64 bits per heavy atom. The Morgan fingerprint density at radius 2 is 2.00 bits per heavy atom. The quantitative estimate of drug-likeness (QED) is 0.862. The van der Waals surface area contributed by atoms with E-state index in [1.54, 1.807) is 36.5 Å². The van der Waals surface area contributed by atoms with Crippen molar-refractivity contribution in [3.63, 3.8) is 0 Å². The number of amides is 1. The van der Waals surface area contributed by atoms with Crippen LogP contribution in [-0.2, 0) is 22.4 Å². The number of ether oxygens (including phenoxy) is 1. The van der Waals surface area contributed by atoms with Crippen LogP contribution in [0.25, 0.3) is 0 Å². The number of rotatable bonds is 5. The third kappa shape index (κ3) is 3.91. The predicted molar refractivity (Wildman–Crippen MR) is 83.7 cm³/mol. The Hall–Kier alpha value is -2.69. The van der Waals surface area contributed by atoms with Gasteiger partial charge in [-0.1, -0.05) is 19.1 Å². The molecule has 114 valence electrons. The highest BCUT2D eigenvalue weighted by Crippen LogP contribution is 2.15. The standard InChI is InChI=1S/C17H18N2O3/c1-3-12-7-8-13(17(21)22-2)10-14(12)11-16(20)19-15-6-4-5-9-18-15/h4-10H,3,11H2,1-2H3,(H,18,19,20). The summed E-state index contributed by atoms with van der Waals surface area (Å²) < 4.78 is 4.72. The lowest BCUT2D eigenvalue weighted by atomic mass is 9.99. The maximum atomic E-state index is 12.1. The molecule has 0 unspecified atom stereocenters. The van der Waals surface area contributed by atoms with Crippen molar-refractivity contribution in [3.8, 4) is 0 Å². The van der Waals surface area contributed by atoms with Gasteiger partial charge in [-0.25, -0.2) is 9.78 Å². The maximum Gasteiger partial charge on any atom is 0.337 e. The lowest BCUT2D eigenvalue weighted by Gasteiger charge is -2.10. The molecule has 5 nitrogen and oxygen atoms in total. The third-order valence-electron chi connectivity index (χ3n) is 3.29. The molecule has 0 aliphatic rings. The minimum absolute atomic E-state index is 0.171. The van der Waals surface area contributed by atoms with Gasteiger partial charge in [0.2, 0.25) is 5.91 Å². The molecule has 0 spiro atoms. The molecule has 0 saturated carbocycles. The van der Waals surface area contributed by atoms with Gasteiger partial charge in [0.1, 0.15) is 5.82 Å². The molecule has 0 aliphatic heterocycles. The summed E-state index contributed by atoms with van der Waals surface area (Å²) in [6.45, 7) is 2.01. The van der Waals surface area contributed by atoms with Gasteiger partial charge in [0.25, 0.3) is 0 Å². The van der Waals surface area contributed by atoms with Gasteiger partial charge in [-0.3, -0.25) is 4.79 Å². The van der Waals surface area contributed by atoms with E-state index in [1.807, 2.05) is 13.0 Å². The van der Waals surface area contributed by atoms with E-state index in [1.165, 1.54) is 7.11 Å². The Bertz CT molecular complexity index is 669. The van der Waals surface area contributed by atoms with Gasteiger partial charge in [0.15, 0.2) is 0 Å². The highest BCUT2D eigenvalue weighted by molar-refractivity contribution is 5.93. The highest BCUT2D eigenvalue weighted by Gasteiger charge is 2.12. The van der Waals surface area contributed by atoms with Crippen LogP contribution in [-0.4, -0.2) is 24.0 Å². The van der Waals surface area contributed by atoms with Crippen molar-refractivity contribution in [1.82, 2.24) is 4.98 Å². The monoisotopic (exact) mass is 298 g/mol. The van der Waals surface area contributed by atoms with Crippen LogP contribution >= 0.6 is 0 Å². The van der Waals surface area contributed by atoms with Gasteiger partial charge >= 0.3 is 5.97 Å². The highest BCUT2D eigenvalue weighted by atomic mass is 16.5. The molecular formula is C17H18N2O3. The fourth-order valence-corrected chi connectivity index (χ4v) is 2.18. The average molecular weight is 298 g/mol. The second kappa shape index (κ2) is 7.36. The van der Waals surface area contributed by atoms with Gasteiger partial charge in [-0.15, -0.1) is 0 Å². The van der Waals surface area contributed by atoms with Gasteiger partial charge in [-0.05, 0) is 41.8 Å². The number of carbonyl (C=O) groups excluding carboxylic acids is 2. The lowest BCUT2D eigenvalue weighted by Crippen LogP contribution is -2.16. The van der Waals surface area contributed by atoms with Crippen molar-refractivity contribution >= 4 is 17.7 Å². The van der Waals surface area contributed by atoms with Crippen molar-refractivity contribution in [2.45, 2.75) is 19.8 Å². The molecule has 2 aromatic rings. The maximum absolute atomic E-state index is 12.1. The van der Waals surface area contributed by atoms with Crippen LogP contribution < -0.4 is 5.32 Å². The Kier molecular flexibility index (Phi) is 5.25. The molecule has 0 fully saturated rings. The van der Waals surface area contributed by atoms with Crippen LogP contribution in [0.15, 0.2) is 42.6 Å². The summed E-state index contributed by atoms with van der Waals surface area (Å²) >= 11 is 0. The van der Waals surface area contributed by atoms with Crippen molar-refractivity contribution < 1.29 is 14.3 Å². The van der Waals surface area contributed by atoms with E-state index in [4.69, 9.17) is 4.74 Å². The number of nitrogens with zero attached hydrogens (tertiary/aromatic N) is 1. The first kappa shape index (κ1) is 15.7. The van der Waals surface area contributed by atoms with Gasteiger partial charge in [0, 0.05) is 6.20 Å². The number of aromatic nitrogens is 1. The Labute approximate surface area is 129 Å². The van der Waals surface area contributed by atoms with Crippen molar-refractivity contribution in [1.29, 1.82) is 0 Å². The van der Waals surface area contributed by atoms with Crippen LogP contribution in [0.1, 0.15) is 28.4 Å². The largest absolute Gasteiger partial charge is 0.465 e. The Balaban J connectivity index is 2.16. The second-order valence-corrected chi connectivity index (χ2v) is 4.77. The van der Waals surface area contributed by atoms with Gasteiger partial charge in [0.05, 0.1) is 19.1 Å². The number of carbonyl (C=O) groups is 2. The predicted octanol–water partition coefficient (Wildman–Crippen LogP) is 2.61. The van der Waals surface area contributed by atoms with E-state index in [0.29, 0.717) is 11.4 Å². The first-order valence-corrected chi connectivity index (χ1v) is 7.05. The SMILES string of the molecule is CCc1ccc(C(=O)OC)cc1CC(=O)Nc1ccccn1. The number of pyridine rings is 1. The van der Waals surface area contributed by atoms with Crippen molar-refractivity contribution in [2.75, 3.05) is 12.4 Å². The fraction of sp³-hybridized carbons (Fsp3) is 0.235. The van der Waals surface area contributed by atoms with Crippen molar-refractivity contribution in [3.05, 3.63) is 59.3 Å². The molecule has 0 aliphatic carbocycles. The van der Waals surface area contributed by atoms with Crippen LogP contribution in [0.2, 0.25) is 0 Å². The lowest BCUT2D eigenvalue weighted by molar-refractivity contribution is -0.115. The molecule has 1 aromatic heterocycles. The first-order valence-electron chi connectivity index (χ1n) is 7.05. The van der Waals surface area contributed by atoms with E-state index in [9.17, 15) is 9.59 Å². The number of benzene rings is 1. The molecular weight excluding hydrogens is 280 g/mol. The molecule has 1 amide bonds. The second-order valence-electron chi connectivity index (χ2n) is 4.77. The fourth-order valence-electron chi connectivity index (χ4n) is 2.18. The molecule has 1 heterocycles. The summed E-state index contributed by atoms with van der Waals surface area (Å²) in [7, 11) is 1.34. The number of methoxy groups -OCH3 is 1. The summed E-state index contributed by atoms with van der Waals surface area (Å²) in [5, 5.41) is 2.74. The van der Waals surface area contributed by atoms with E-state index in [2.05, 4.69) is 10.3 Å². The molecule has 0 radical (unpaired) electrons. The van der Waals surface area contributed by atoms with E-state index < -0.39 is 5.97 Å². The number of hydrogen-bond donors (Lipinski definition) is 1. The van der Waals surface area contributed by atoms with E-state index >= 15 is 0 Å². The molecule has 2 rings (SSSR count). The molecule has 0 saturated heterocycles. The van der Waals surface area contributed by atoms with Gasteiger partial charge in [-0.2, -0.15) is 0 Å². The zero-order valence-corrected chi connectivity index (χ0v) is 12.6. The smallest absolute Gasteiger partial charge is 0.337 e. The van der Waals surface area contributed by atoms with Crippen LogP contribution in [0.3, 0.4) is 0 Å². The summed E-state index contributed by atoms with van der Waals surface area (Å²) in [5.41, 5.74) is 2.29. The van der Waals surface area contributed by atoms with Crippen molar-refractivity contribution in [2.24, 2.45) is 0 Å². The number of anilines is 1. The molecule has 1 aromatic carbocycles. The third-order valence-corrected chi connectivity index (χ3v) is 3.29. The number of hydrogen-bond acceptors (Lipinski definition) is 4. The summed E-state index contributed by atoms with van der Waals surface area (Å²) in [5.74, 6) is -0.0703. The number of nitrogens with one attached hydrogen (secondary N) is 1. The van der Waals surface area contributed by atoms with Crippen LogP contribution in [0, 0.1) is 0 Å². The molecule has 22 heavy (non-hydrogen) atoms. The molecule has 0 atom stereocenters. The van der Waals surface area contributed by atoms with Crippen LogP contribution in [0.4, 0.5) is 5.82 Å². The zero-order valence-electron chi connectivity index (χ0n) is 12.6.